The molecule has 6 heteroatoms. The minimum absolute atomic E-state index is 0.545. The molecule has 0 bridgehead atoms. The highest BCUT2D eigenvalue weighted by Crippen LogP contribution is 2.11. The number of hydrogen-bond acceptors (Lipinski definition) is 5. The lowest BCUT2D eigenvalue weighted by molar-refractivity contribution is -0.144. The summed E-state index contributed by atoms with van der Waals surface area (Å²) >= 11 is 0. The van der Waals surface area contributed by atoms with Gasteiger partial charge in [0.1, 0.15) is 5.54 Å². The molecule has 1 unspecified atom stereocenters. The molecular weight excluding hydrogens is 248 g/mol. The van der Waals surface area contributed by atoms with E-state index >= 15 is 0 Å². The lowest BCUT2D eigenvalue weighted by Crippen LogP contribution is -2.51. The molecule has 0 rings (SSSR count). The maximum Gasteiger partial charge on any atom is 0.323 e. The second kappa shape index (κ2) is 10.1. The van der Waals surface area contributed by atoms with Gasteiger partial charge in [-0.1, -0.05) is 6.92 Å². The largest absolute Gasteiger partial charge is 0.480 e. The van der Waals surface area contributed by atoms with E-state index in [2.05, 4.69) is 10.2 Å². The summed E-state index contributed by atoms with van der Waals surface area (Å²) < 4.78 is 10.1. The van der Waals surface area contributed by atoms with Crippen LogP contribution in [-0.4, -0.2) is 75.1 Å². The molecule has 0 amide bonds. The molecule has 114 valence electrons. The monoisotopic (exact) mass is 276 g/mol. The summed E-state index contributed by atoms with van der Waals surface area (Å²) in [5.41, 5.74) is -0.882. The number of carbonyl (C=O) groups is 1. The van der Waals surface area contributed by atoms with E-state index in [-0.39, 0.29) is 0 Å². The maximum atomic E-state index is 11.3. The van der Waals surface area contributed by atoms with E-state index in [0.717, 1.165) is 13.1 Å². The van der Waals surface area contributed by atoms with Crippen molar-refractivity contribution in [1.29, 1.82) is 0 Å². The molecule has 0 aliphatic heterocycles. The van der Waals surface area contributed by atoms with Crippen LogP contribution < -0.4 is 5.32 Å². The molecule has 0 spiro atoms. The molecule has 0 saturated carbocycles. The van der Waals surface area contributed by atoms with Gasteiger partial charge in [-0.15, -0.1) is 0 Å². The number of rotatable bonds is 12. The number of hydrogen-bond donors (Lipinski definition) is 2. The highest BCUT2D eigenvalue weighted by atomic mass is 16.5. The van der Waals surface area contributed by atoms with Gasteiger partial charge in [0.15, 0.2) is 0 Å². The molecule has 0 aliphatic rings. The molecule has 0 saturated heterocycles. The number of aliphatic carboxylic acids is 1. The van der Waals surface area contributed by atoms with Crippen molar-refractivity contribution in [2.75, 3.05) is 53.6 Å². The van der Waals surface area contributed by atoms with Crippen LogP contribution in [0, 0.1) is 0 Å². The van der Waals surface area contributed by atoms with Gasteiger partial charge in [-0.3, -0.25) is 9.69 Å². The lowest BCUT2D eigenvalue weighted by atomic mass is 9.97. The molecule has 0 aromatic carbocycles. The van der Waals surface area contributed by atoms with E-state index in [1.165, 1.54) is 0 Å². The van der Waals surface area contributed by atoms with Crippen molar-refractivity contribution < 1.29 is 19.4 Å². The average Bonchev–Trinajstić information content (AvgIpc) is 2.38. The van der Waals surface area contributed by atoms with Crippen LogP contribution in [0.2, 0.25) is 0 Å². The number of ether oxygens (including phenoxy) is 2. The standard InChI is InChI=1S/C13H28N2O4/c1-5-14-13(2,12(16)17)6-7-15(8-10-18-3)9-11-19-4/h14H,5-11H2,1-4H3,(H,16,17). The van der Waals surface area contributed by atoms with Gasteiger partial charge in [0.2, 0.25) is 0 Å². The molecule has 1 atom stereocenters. The fourth-order valence-electron chi connectivity index (χ4n) is 1.82. The predicted octanol–water partition coefficient (Wildman–Crippen LogP) is 0.424. The highest BCUT2D eigenvalue weighted by molar-refractivity contribution is 5.78. The third-order valence-corrected chi connectivity index (χ3v) is 3.19. The Morgan fingerprint density at radius 2 is 1.74 bits per heavy atom. The minimum atomic E-state index is -0.882. The van der Waals surface area contributed by atoms with Gasteiger partial charge in [0.25, 0.3) is 0 Å². The summed E-state index contributed by atoms with van der Waals surface area (Å²) in [5.74, 6) is -0.812. The minimum Gasteiger partial charge on any atom is -0.480 e. The van der Waals surface area contributed by atoms with Gasteiger partial charge in [0, 0.05) is 33.9 Å². The van der Waals surface area contributed by atoms with Gasteiger partial charge in [0.05, 0.1) is 13.2 Å². The number of nitrogens with one attached hydrogen (secondary N) is 1. The second-order valence-corrected chi connectivity index (χ2v) is 4.74. The van der Waals surface area contributed by atoms with Crippen LogP contribution in [0.15, 0.2) is 0 Å². The average molecular weight is 276 g/mol. The summed E-state index contributed by atoms with van der Waals surface area (Å²) in [5, 5.41) is 12.3. The molecule has 0 aliphatic carbocycles. The van der Waals surface area contributed by atoms with Gasteiger partial charge in [-0.2, -0.15) is 0 Å². The van der Waals surface area contributed by atoms with Crippen molar-refractivity contribution in [2.24, 2.45) is 0 Å². The lowest BCUT2D eigenvalue weighted by Gasteiger charge is -2.29. The molecule has 0 heterocycles. The fourth-order valence-corrected chi connectivity index (χ4v) is 1.82. The zero-order chi connectivity index (χ0) is 14.7. The SMILES string of the molecule is CCNC(C)(CCN(CCOC)CCOC)C(=O)O. The van der Waals surface area contributed by atoms with Gasteiger partial charge in [-0.05, 0) is 19.9 Å². The Bertz CT molecular complexity index is 243. The summed E-state index contributed by atoms with van der Waals surface area (Å²) in [4.78, 5) is 13.5. The Hall–Kier alpha value is -0.690. The van der Waals surface area contributed by atoms with E-state index in [4.69, 9.17) is 9.47 Å². The normalized spacial score (nSPS) is 14.6. The summed E-state index contributed by atoms with van der Waals surface area (Å²) in [6, 6.07) is 0. The molecule has 0 aromatic heterocycles. The molecule has 19 heavy (non-hydrogen) atoms. The Balaban J connectivity index is 4.35. The first-order valence-electron chi connectivity index (χ1n) is 6.68. The quantitative estimate of drug-likeness (QED) is 0.538. The second-order valence-electron chi connectivity index (χ2n) is 4.74. The number of likely N-dealkylation sites (N-methyl/N-ethyl adjacent to an activating group) is 1. The predicted molar refractivity (Wildman–Crippen MR) is 74.5 cm³/mol. The maximum absolute atomic E-state index is 11.3. The van der Waals surface area contributed by atoms with Crippen molar-refractivity contribution in [2.45, 2.75) is 25.8 Å². The van der Waals surface area contributed by atoms with Crippen LogP contribution >= 0.6 is 0 Å². The number of carboxylic acid groups (broad SMARTS) is 1. The molecule has 0 aromatic rings. The topological polar surface area (TPSA) is 71.0 Å². The molecule has 0 fully saturated rings. The van der Waals surface area contributed by atoms with Crippen LogP contribution in [0.25, 0.3) is 0 Å². The molecule has 2 N–H and O–H groups in total. The fraction of sp³-hybridized carbons (Fsp3) is 0.923. The van der Waals surface area contributed by atoms with E-state index in [0.29, 0.717) is 32.7 Å². The first kappa shape index (κ1) is 18.3. The van der Waals surface area contributed by atoms with Crippen LogP contribution in [0.5, 0.6) is 0 Å². The van der Waals surface area contributed by atoms with Crippen molar-refractivity contribution in [3.63, 3.8) is 0 Å². The Kier molecular flexibility index (Phi) is 9.77. The Morgan fingerprint density at radius 3 is 2.11 bits per heavy atom. The van der Waals surface area contributed by atoms with Crippen LogP contribution in [0.3, 0.4) is 0 Å². The van der Waals surface area contributed by atoms with E-state index in [9.17, 15) is 9.90 Å². The van der Waals surface area contributed by atoms with Gasteiger partial charge in [-0.25, -0.2) is 0 Å². The van der Waals surface area contributed by atoms with E-state index in [1.807, 2.05) is 6.92 Å². The van der Waals surface area contributed by atoms with Crippen LogP contribution in [-0.2, 0) is 14.3 Å². The third kappa shape index (κ3) is 7.47. The van der Waals surface area contributed by atoms with E-state index in [1.54, 1.807) is 21.1 Å². The van der Waals surface area contributed by atoms with Crippen molar-refractivity contribution in [3.05, 3.63) is 0 Å². The molecular formula is C13H28N2O4. The van der Waals surface area contributed by atoms with Crippen molar-refractivity contribution >= 4 is 5.97 Å². The zero-order valence-electron chi connectivity index (χ0n) is 12.6. The van der Waals surface area contributed by atoms with Crippen molar-refractivity contribution in [1.82, 2.24) is 10.2 Å². The first-order chi connectivity index (χ1) is 9.00. The number of carboxylic acids is 1. The third-order valence-electron chi connectivity index (χ3n) is 3.19. The number of nitrogens with zero attached hydrogens (tertiary/aromatic N) is 1. The van der Waals surface area contributed by atoms with Crippen LogP contribution in [0.4, 0.5) is 0 Å². The summed E-state index contributed by atoms with van der Waals surface area (Å²) in [6.45, 7) is 7.80. The summed E-state index contributed by atoms with van der Waals surface area (Å²) in [7, 11) is 3.32. The summed E-state index contributed by atoms with van der Waals surface area (Å²) in [6.07, 6.45) is 0.545. The number of methoxy groups -OCH3 is 2. The van der Waals surface area contributed by atoms with Gasteiger partial charge >= 0.3 is 5.97 Å². The van der Waals surface area contributed by atoms with Crippen LogP contribution in [0.1, 0.15) is 20.3 Å². The Labute approximate surface area is 116 Å². The zero-order valence-corrected chi connectivity index (χ0v) is 12.6. The molecule has 0 radical (unpaired) electrons. The van der Waals surface area contributed by atoms with Crippen molar-refractivity contribution in [3.8, 4) is 0 Å². The Morgan fingerprint density at radius 1 is 1.21 bits per heavy atom. The van der Waals surface area contributed by atoms with Gasteiger partial charge < -0.3 is 19.9 Å². The smallest absolute Gasteiger partial charge is 0.323 e. The first-order valence-corrected chi connectivity index (χ1v) is 6.68. The van der Waals surface area contributed by atoms with E-state index < -0.39 is 11.5 Å². The highest BCUT2D eigenvalue weighted by Gasteiger charge is 2.32. The molecule has 6 nitrogen and oxygen atoms in total.